The van der Waals surface area contributed by atoms with Gasteiger partial charge in [-0.25, -0.2) is 4.79 Å². The zero-order chi connectivity index (χ0) is 16.9. The molecule has 120 valence electrons. The van der Waals surface area contributed by atoms with E-state index in [0.29, 0.717) is 21.8 Å². The summed E-state index contributed by atoms with van der Waals surface area (Å²) >= 11 is 1.46. The Hall–Kier alpha value is -2.91. The fourth-order valence-electron chi connectivity index (χ4n) is 2.20. The van der Waals surface area contributed by atoms with Crippen LogP contribution >= 0.6 is 11.8 Å². The van der Waals surface area contributed by atoms with E-state index < -0.39 is 5.76 Å². The molecule has 0 aliphatic heterocycles. The fourth-order valence-corrected chi connectivity index (χ4v) is 3.00. The number of hydrogen-bond donors (Lipinski definition) is 1. The Morgan fingerprint density at radius 2 is 2.12 bits per heavy atom. The second-order valence-corrected chi connectivity index (χ2v) is 6.04. The van der Waals surface area contributed by atoms with Gasteiger partial charge in [0.15, 0.2) is 5.58 Å². The highest BCUT2D eigenvalue weighted by Gasteiger charge is 2.04. The lowest BCUT2D eigenvalue weighted by Crippen LogP contribution is -1.92. The van der Waals surface area contributed by atoms with Gasteiger partial charge >= 0.3 is 5.76 Å². The van der Waals surface area contributed by atoms with Crippen molar-refractivity contribution in [3.63, 3.8) is 0 Å². The maximum absolute atomic E-state index is 11.2. The molecule has 0 saturated carbocycles. The number of benzene rings is 2. The highest BCUT2D eigenvalue weighted by molar-refractivity contribution is 8.02. The first kappa shape index (κ1) is 16.0. The molecular formula is C18H14N2O3S. The van der Waals surface area contributed by atoms with E-state index in [1.807, 2.05) is 30.3 Å². The molecule has 0 bridgehead atoms. The van der Waals surface area contributed by atoms with Gasteiger partial charge in [-0.1, -0.05) is 18.2 Å². The van der Waals surface area contributed by atoms with Crippen molar-refractivity contribution in [1.82, 2.24) is 4.98 Å². The third-order valence-corrected chi connectivity index (χ3v) is 4.40. The summed E-state index contributed by atoms with van der Waals surface area (Å²) < 4.78 is 10.1. The van der Waals surface area contributed by atoms with Crippen LogP contribution in [0.3, 0.4) is 0 Å². The largest absolute Gasteiger partial charge is 0.497 e. The van der Waals surface area contributed by atoms with Gasteiger partial charge in [-0.15, -0.1) is 11.8 Å². The number of oxazole rings is 1. The van der Waals surface area contributed by atoms with Gasteiger partial charge in [-0.05, 0) is 41.5 Å². The van der Waals surface area contributed by atoms with Crippen LogP contribution in [-0.2, 0) is 5.75 Å². The smallest absolute Gasteiger partial charge is 0.417 e. The van der Waals surface area contributed by atoms with E-state index in [4.69, 9.17) is 9.15 Å². The monoisotopic (exact) mass is 338 g/mol. The minimum absolute atomic E-state index is 0.486. The molecule has 0 unspecified atom stereocenters. The van der Waals surface area contributed by atoms with E-state index in [-0.39, 0.29) is 0 Å². The van der Waals surface area contributed by atoms with Gasteiger partial charge < -0.3 is 9.15 Å². The first-order valence-corrected chi connectivity index (χ1v) is 8.17. The predicted molar refractivity (Wildman–Crippen MR) is 94.7 cm³/mol. The van der Waals surface area contributed by atoms with Crippen molar-refractivity contribution < 1.29 is 9.15 Å². The van der Waals surface area contributed by atoms with Crippen molar-refractivity contribution in [2.45, 2.75) is 5.75 Å². The van der Waals surface area contributed by atoms with E-state index in [1.54, 1.807) is 25.3 Å². The SMILES string of the molecule is COc1ccc(CSC(C#N)=Cc2ccc3oc(=O)[nH]c3c2)cc1. The first-order valence-electron chi connectivity index (χ1n) is 7.18. The van der Waals surface area contributed by atoms with Gasteiger partial charge in [-0.3, -0.25) is 4.98 Å². The molecule has 0 fully saturated rings. The summed E-state index contributed by atoms with van der Waals surface area (Å²) in [6, 6.07) is 15.3. The van der Waals surface area contributed by atoms with Gasteiger partial charge in [0.2, 0.25) is 0 Å². The van der Waals surface area contributed by atoms with Gasteiger partial charge in [0.05, 0.1) is 17.5 Å². The van der Waals surface area contributed by atoms with Crippen molar-refractivity contribution >= 4 is 28.9 Å². The van der Waals surface area contributed by atoms with Gasteiger partial charge in [0.1, 0.15) is 11.8 Å². The van der Waals surface area contributed by atoms with E-state index >= 15 is 0 Å². The van der Waals surface area contributed by atoms with E-state index in [9.17, 15) is 10.1 Å². The van der Waals surface area contributed by atoms with E-state index in [1.165, 1.54) is 11.8 Å². The first-order chi connectivity index (χ1) is 11.7. The van der Waals surface area contributed by atoms with Gasteiger partial charge in [0.25, 0.3) is 0 Å². The molecule has 1 N–H and O–H groups in total. The number of nitrogens with zero attached hydrogens (tertiary/aromatic N) is 1. The van der Waals surface area contributed by atoms with Crippen molar-refractivity contribution in [2.24, 2.45) is 0 Å². The summed E-state index contributed by atoms with van der Waals surface area (Å²) in [4.78, 5) is 14.4. The number of nitrogens with one attached hydrogen (secondary N) is 1. The molecule has 0 radical (unpaired) electrons. The molecule has 24 heavy (non-hydrogen) atoms. The van der Waals surface area contributed by atoms with Crippen LogP contribution in [0.4, 0.5) is 0 Å². The Morgan fingerprint density at radius 3 is 2.83 bits per heavy atom. The van der Waals surface area contributed by atoms with Crippen molar-refractivity contribution in [3.05, 3.63) is 69.0 Å². The number of H-pyrrole nitrogens is 1. The molecule has 0 spiro atoms. The molecule has 0 aliphatic rings. The summed E-state index contributed by atoms with van der Waals surface area (Å²) in [5, 5.41) is 9.33. The number of hydrogen-bond acceptors (Lipinski definition) is 5. The van der Waals surface area contributed by atoms with E-state index in [2.05, 4.69) is 11.1 Å². The molecule has 2 aromatic carbocycles. The third-order valence-electron chi connectivity index (χ3n) is 3.40. The number of aromatic amines is 1. The molecular weight excluding hydrogens is 324 g/mol. The van der Waals surface area contributed by atoms with Crippen molar-refractivity contribution in [3.8, 4) is 11.8 Å². The van der Waals surface area contributed by atoms with Gasteiger partial charge in [0, 0.05) is 5.75 Å². The van der Waals surface area contributed by atoms with Gasteiger partial charge in [-0.2, -0.15) is 5.26 Å². The summed E-state index contributed by atoms with van der Waals surface area (Å²) in [6.45, 7) is 0. The Bertz CT molecular complexity index is 978. The second kappa shape index (κ2) is 7.11. The van der Waals surface area contributed by atoms with Crippen LogP contribution in [0.2, 0.25) is 0 Å². The number of aromatic nitrogens is 1. The molecule has 6 heteroatoms. The molecule has 1 heterocycles. The van der Waals surface area contributed by atoms with Crippen LogP contribution in [0.5, 0.6) is 5.75 Å². The quantitative estimate of drug-likeness (QED) is 0.713. The minimum Gasteiger partial charge on any atom is -0.497 e. The zero-order valence-corrected chi connectivity index (χ0v) is 13.7. The maximum Gasteiger partial charge on any atom is 0.417 e. The third kappa shape index (κ3) is 3.70. The second-order valence-electron chi connectivity index (χ2n) is 5.03. The summed E-state index contributed by atoms with van der Waals surface area (Å²) in [5.41, 5.74) is 3.06. The average Bonchev–Trinajstić information content (AvgIpc) is 2.98. The molecule has 0 atom stereocenters. The standard InChI is InChI=1S/C18H14N2O3S/c1-22-14-5-2-12(3-6-14)11-24-15(10-19)8-13-4-7-17-16(9-13)20-18(21)23-17/h2-9H,11H2,1H3,(H,20,21). The van der Waals surface area contributed by atoms with Crippen molar-refractivity contribution in [2.75, 3.05) is 7.11 Å². The molecule has 0 aliphatic carbocycles. The fraction of sp³-hybridized carbons (Fsp3) is 0.111. The normalized spacial score (nSPS) is 11.4. The van der Waals surface area contributed by atoms with Crippen LogP contribution in [-0.4, -0.2) is 12.1 Å². The highest BCUT2D eigenvalue weighted by Crippen LogP contribution is 2.25. The number of ether oxygens (including phenoxy) is 1. The topological polar surface area (TPSA) is 79.0 Å². The van der Waals surface area contributed by atoms with Crippen LogP contribution in [0.25, 0.3) is 17.2 Å². The Labute approximate surface area is 142 Å². The molecule has 1 aromatic heterocycles. The van der Waals surface area contributed by atoms with Crippen LogP contribution in [0.15, 0.2) is 56.6 Å². The average molecular weight is 338 g/mol. The predicted octanol–water partition coefficient (Wildman–Crippen LogP) is 3.93. The number of fused-ring (bicyclic) bond motifs is 1. The van der Waals surface area contributed by atoms with Crippen LogP contribution < -0.4 is 10.5 Å². The highest BCUT2D eigenvalue weighted by atomic mass is 32.2. The number of nitriles is 1. The maximum atomic E-state index is 11.2. The van der Waals surface area contributed by atoms with Crippen molar-refractivity contribution in [1.29, 1.82) is 5.26 Å². The number of allylic oxidation sites excluding steroid dienone is 1. The summed E-state index contributed by atoms with van der Waals surface area (Å²) in [5.74, 6) is 1.01. The number of methoxy groups -OCH3 is 1. The Balaban J connectivity index is 1.75. The molecule has 0 amide bonds. The van der Waals surface area contributed by atoms with E-state index in [0.717, 1.165) is 16.9 Å². The lowest BCUT2D eigenvalue weighted by molar-refractivity contribution is 0.414. The van der Waals surface area contributed by atoms with Crippen LogP contribution in [0, 0.1) is 11.3 Å². The summed E-state index contributed by atoms with van der Waals surface area (Å²) in [6.07, 6.45) is 1.79. The zero-order valence-electron chi connectivity index (χ0n) is 12.9. The molecule has 3 rings (SSSR count). The van der Waals surface area contributed by atoms with Crippen LogP contribution in [0.1, 0.15) is 11.1 Å². The molecule has 3 aromatic rings. The Kier molecular flexibility index (Phi) is 4.73. The minimum atomic E-state index is -0.486. The molecule has 0 saturated heterocycles. The number of rotatable bonds is 5. The summed E-state index contributed by atoms with van der Waals surface area (Å²) in [7, 11) is 1.63. The lowest BCUT2D eigenvalue weighted by Gasteiger charge is -2.03. The molecule has 5 nitrogen and oxygen atoms in total. The number of thioether (sulfide) groups is 1. The Morgan fingerprint density at radius 1 is 1.33 bits per heavy atom. The lowest BCUT2D eigenvalue weighted by atomic mass is 10.2.